The van der Waals surface area contributed by atoms with Crippen molar-refractivity contribution >= 4 is 39.3 Å². The third kappa shape index (κ3) is 19.8. The van der Waals surface area contributed by atoms with Crippen LogP contribution in [0.2, 0.25) is 0 Å². The molecule has 0 bridgehead atoms. The van der Waals surface area contributed by atoms with E-state index in [0.717, 1.165) is 0 Å². The number of amides is 4. The van der Waals surface area contributed by atoms with Gasteiger partial charge in [-0.25, -0.2) is 8.42 Å². The molecule has 2 aromatic rings. The molecule has 10 N–H and O–H groups in total. The van der Waals surface area contributed by atoms with Gasteiger partial charge in [0.15, 0.2) is 9.84 Å². The van der Waals surface area contributed by atoms with E-state index in [1.165, 1.54) is 0 Å². The SMILES string of the molecule is N=C(N)c1ccc(CNC(=O)[C@H](CCCCNC(=O)COCC(=O)NCCOCCOCCN)NC(=O)[C@@H](CO)CS(=O)(=O)Cc2ccccc2)cc1. The first-order valence-electron chi connectivity index (χ1n) is 17.3. The number of unbranched alkanes of at least 4 members (excludes halogenated alkanes) is 1. The number of rotatable bonds is 28. The summed E-state index contributed by atoms with van der Waals surface area (Å²) in [6, 6.07) is 14.1. The number of ether oxygens (including phenoxy) is 3. The second kappa shape index (κ2) is 25.5. The Morgan fingerprint density at radius 3 is 2.04 bits per heavy atom. The first-order chi connectivity index (χ1) is 25.4. The molecule has 0 heterocycles. The fourth-order valence-electron chi connectivity index (χ4n) is 4.79. The van der Waals surface area contributed by atoms with Crippen LogP contribution in [0.3, 0.4) is 0 Å². The molecule has 0 aromatic heterocycles. The Balaban J connectivity index is 1.84. The number of nitrogens with two attached hydrogens (primary N) is 2. The van der Waals surface area contributed by atoms with Crippen molar-refractivity contribution in [2.75, 3.05) is 71.6 Å². The minimum Gasteiger partial charge on any atom is -0.396 e. The molecule has 2 atom stereocenters. The molecule has 0 saturated carbocycles. The lowest BCUT2D eigenvalue weighted by molar-refractivity contribution is -0.131. The normalized spacial score (nSPS) is 12.3. The second-order valence-corrected chi connectivity index (χ2v) is 14.1. The lowest BCUT2D eigenvalue weighted by Gasteiger charge is -2.22. The maximum atomic E-state index is 13.3. The van der Waals surface area contributed by atoms with Crippen molar-refractivity contribution < 1.29 is 46.9 Å². The average molecular weight is 764 g/mol. The maximum absolute atomic E-state index is 13.3. The van der Waals surface area contributed by atoms with E-state index in [1.807, 2.05) is 0 Å². The van der Waals surface area contributed by atoms with Crippen LogP contribution in [0.15, 0.2) is 54.6 Å². The molecule has 2 rings (SSSR count). The van der Waals surface area contributed by atoms with Gasteiger partial charge in [-0.2, -0.15) is 0 Å². The Bertz CT molecular complexity index is 1530. The molecule has 0 saturated heterocycles. The van der Waals surface area contributed by atoms with Gasteiger partial charge in [0, 0.05) is 31.7 Å². The third-order valence-corrected chi connectivity index (χ3v) is 9.23. The highest BCUT2D eigenvalue weighted by Crippen LogP contribution is 2.12. The fourth-order valence-corrected chi connectivity index (χ4v) is 6.47. The first-order valence-corrected chi connectivity index (χ1v) is 19.1. The first kappa shape index (κ1) is 44.7. The summed E-state index contributed by atoms with van der Waals surface area (Å²) in [5, 5.41) is 28.1. The number of nitrogen functional groups attached to an aromatic ring is 1. The summed E-state index contributed by atoms with van der Waals surface area (Å²) >= 11 is 0. The Morgan fingerprint density at radius 2 is 1.42 bits per heavy atom. The van der Waals surface area contributed by atoms with Crippen molar-refractivity contribution in [3.63, 3.8) is 0 Å². The van der Waals surface area contributed by atoms with Gasteiger partial charge in [-0.05, 0) is 30.4 Å². The molecule has 0 fully saturated rings. The highest BCUT2D eigenvalue weighted by Gasteiger charge is 2.29. The molecule has 0 aliphatic heterocycles. The quantitative estimate of drug-likeness (QED) is 0.0286. The molecule has 0 radical (unpaired) electrons. The molecule has 4 amide bonds. The summed E-state index contributed by atoms with van der Waals surface area (Å²) in [5.41, 5.74) is 12.6. The van der Waals surface area contributed by atoms with Crippen LogP contribution >= 0.6 is 0 Å². The van der Waals surface area contributed by atoms with Crippen LogP contribution in [0.4, 0.5) is 0 Å². The summed E-state index contributed by atoms with van der Waals surface area (Å²) in [7, 11) is -3.79. The number of amidine groups is 1. The number of carbonyl (C=O) groups excluding carboxylic acids is 4. The smallest absolute Gasteiger partial charge is 0.246 e. The van der Waals surface area contributed by atoms with Crippen molar-refractivity contribution in [2.45, 2.75) is 37.6 Å². The van der Waals surface area contributed by atoms with Crippen LogP contribution < -0.4 is 32.7 Å². The van der Waals surface area contributed by atoms with E-state index in [4.69, 9.17) is 31.1 Å². The number of benzene rings is 2. The zero-order chi connectivity index (χ0) is 38.9. The van der Waals surface area contributed by atoms with Gasteiger partial charge in [0.1, 0.15) is 25.1 Å². The molecular weight excluding hydrogens is 710 g/mol. The molecule has 294 valence electrons. The molecule has 53 heavy (non-hydrogen) atoms. The van der Waals surface area contributed by atoms with E-state index in [-0.39, 0.29) is 50.9 Å². The summed E-state index contributed by atoms with van der Waals surface area (Å²) in [6.07, 6.45) is 0.948. The molecule has 0 aliphatic rings. The second-order valence-electron chi connectivity index (χ2n) is 12.0. The summed E-state index contributed by atoms with van der Waals surface area (Å²) in [4.78, 5) is 50.5. The minimum atomic E-state index is -3.79. The van der Waals surface area contributed by atoms with E-state index in [9.17, 15) is 32.7 Å². The minimum absolute atomic E-state index is 0.0989. The number of hydrogen-bond acceptors (Lipinski definition) is 12. The zero-order valence-electron chi connectivity index (χ0n) is 29.8. The van der Waals surface area contributed by atoms with E-state index < -0.39 is 57.8 Å². The average Bonchev–Trinajstić information content (AvgIpc) is 3.13. The molecule has 0 aliphatic carbocycles. The van der Waals surface area contributed by atoms with Crippen molar-refractivity contribution in [1.82, 2.24) is 21.3 Å². The molecule has 17 nitrogen and oxygen atoms in total. The van der Waals surface area contributed by atoms with E-state index in [2.05, 4.69) is 21.3 Å². The van der Waals surface area contributed by atoms with Gasteiger partial charge in [-0.1, -0.05) is 54.6 Å². The number of sulfone groups is 1. The number of aliphatic hydroxyl groups excluding tert-OH is 1. The van der Waals surface area contributed by atoms with Crippen molar-refractivity contribution in [1.29, 1.82) is 5.41 Å². The number of aliphatic hydroxyl groups is 1. The van der Waals surface area contributed by atoms with Crippen molar-refractivity contribution in [3.8, 4) is 0 Å². The molecule has 18 heteroatoms. The Hall–Kier alpha value is -4.46. The van der Waals surface area contributed by atoms with E-state index >= 15 is 0 Å². The van der Waals surface area contributed by atoms with Crippen LogP contribution in [0.25, 0.3) is 0 Å². The summed E-state index contributed by atoms with van der Waals surface area (Å²) in [6.45, 7) is 1.16. The topological polar surface area (TPSA) is 274 Å². The van der Waals surface area contributed by atoms with Crippen LogP contribution in [0, 0.1) is 11.3 Å². The summed E-state index contributed by atoms with van der Waals surface area (Å²) in [5.74, 6) is -4.50. The largest absolute Gasteiger partial charge is 0.396 e. The number of nitrogens with one attached hydrogen (secondary N) is 5. The van der Waals surface area contributed by atoms with Crippen LogP contribution in [-0.4, -0.2) is 121 Å². The lowest BCUT2D eigenvalue weighted by Crippen LogP contribution is -2.49. The van der Waals surface area contributed by atoms with Gasteiger partial charge in [0.25, 0.3) is 0 Å². The standard InChI is InChI=1S/C35H53N7O10S/c36-13-16-50-18-19-51-17-15-40-32(45)23-52-22-31(44)39-14-5-4-8-30(35(47)41-20-26-9-11-28(12-10-26)33(37)38)42-34(46)29(21-43)25-53(48,49)24-27-6-2-1-3-7-27/h1-3,6-7,9-12,29-30,43H,4-5,8,13-25,36H2,(H3,37,38)(H,39,44)(H,40,45)(H,41,47)(H,42,46)/t29-,30-/m0/s1. The molecule has 0 unspecified atom stereocenters. The highest BCUT2D eigenvalue weighted by atomic mass is 32.2. The highest BCUT2D eigenvalue weighted by molar-refractivity contribution is 7.90. The fraction of sp³-hybridized carbons (Fsp3) is 0.514. The monoisotopic (exact) mass is 763 g/mol. The number of carbonyl (C=O) groups is 4. The zero-order valence-corrected chi connectivity index (χ0v) is 30.7. The lowest BCUT2D eigenvalue weighted by atomic mass is 10.1. The van der Waals surface area contributed by atoms with E-state index in [1.54, 1.807) is 54.6 Å². The molecule has 0 spiro atoms. The molecular formula is C35H53N7O10S. The third-order valence-electron chi connectivity index (χ3n) is 7.55. The Morgan fingerprint density at radius 1 is 0.774 bits per heavy atom. The Kier molecular flexibility index (Phi) is 21.5. The summed E-state index contributed by atoms with van der Waals surface area (Å²) < 4.78 is 41.3. The van der Waals surface area contributed by atoms with Crippen LogP contribution in [0.5, 0.6) is 0 Å². The van der Waals surface area contributed by atoms with Gasteiger partial charge in [-0.3, -0.25) is 24.6 Å². The van der Waals surface area contributed by atoms with Crippen LogP contribution in [0.1, 0.15) is 36.0 Å². The maximum Gasteiger partial charge on any atom is 0.246 e. The van der Waals surface area contributed by atoms with Crippen LogP contribution in [-0.2, 0) is 55.5 Å². The van der Waals surface area contributed by atoms with Gasteiger partial charge in [-0.15, -0.1) is 0 Å². The Labute approximate surface area is 310 Å². The predicted octanol–water partition coefficient (Wildman–Crippen LogP) is -1.29. The van der Waals surface area contributed by atoms with Gasteiger partial charge >= 0.3 is 0 Å². The van der Waals surface area contributed by atoms with Gasteiger partial charge in [0.05, 0.1) is 50.5 Å². The van der Waals surface area contributed by atoms with Gasteiger partial charge < -0.3 is 52.1 Å². The van der Waals surface area contributed by atoms with E-state index in [0.29, 0.717) is 62.5 Å². The predicted molar refractivity (Wildman–Crippen MR) is 197 cm³/mol. The van der Waals surface area contributed by atoms with Crippen molar-refractivity contribution in [2.24, 2.45) is 17.4 Å². The number of hydrogen-bond donors (Lipinski definition) is 8. The van der Waals surface area contributed by atoms with Crippen molar-refractivity contribution in [3.05, 3.63) is 71.3 Å². The molecule has 2 aromatic carbocycles. The van der Waals surface area contributed by atoms with Gasteiger partial charge in [0.2, 0.25) is 23.6 Å².